The van der Waals surface area contributed by atoms with E-state index in [2.05, 4.69) is 15.6 Å². The number of nitrogens with zero attached hydrogens (tertiary/aromatic N) is 2. The first kappa shape index (κ1) is 23.4. The summed E-state index contributed by atoms with van der Waals surface area (Å²) in [6.45, 7) is 1.28. The van der Waals surface area contributed by atoms with Gasteiger partial charge in [-0.2, -0.15) is 0 Å². The van der Waals surface area contributed by atoms with E-state index < -0.39 is 0 Å². The molecule has 8 nitrogen and oxygen atoms in total. The number of fused-ring (bicyclic) bond motifs is 1. The van der Waals surface area contributed by atoms with Gasteiger partial charge in [-0.15, -0.1) is 0 Å². The summed E-state index contributed by atoms with van der Waals surface area (Å²) in [7, 11) is 3.20. The SMILES string of the molecule is COc1ccc(CCNC(=O)c2c(NCC(=O)c3ccccc3)nc3n2CCCC3)cc1OC. The molecule has 4 rings (SSSR count). The Balaban J connectivity index is 1.44. The fourth-order valence-electron chi connectivity index (χ4n) is 4.17. The molecule has 0 unspecified atom stereocenters. The van der Waals surface area contributed by atoms with Crippen molar-refractivity contribution in [2.75, 3.05) is 32.6 Å². The van der Waals surface area contributed by atoms with Crippen LogP contribution in [0.3, 0.4) is 0 Å². The van der Waals surface area contributed by atoms with Gasteiger partial charge < -0.3 is 24.7 Å². The summed E-state index contributed by atoms with van der Waals surface area (Å²) >= 11 is 0. The van der Waals surface area contributed by atoms with Crippen molar-refractivity contribution in [1.29, 1.82) is 0 Å². The van der Waals surface area contributed by atoms with Crippen molar-refractivity contribution in [3.63, 3.8) is 0 Å². The molecule has 0 saturated heterocycles. The molecule has 0 saturated carbocycles. The number of rotatable bonds is 10. The summed E-state index contributed by atoms with van der Waals surface area (Å²) < 4.78 is 12.6. The van der Waals surface area contributed by atoms with E-state index in [0.29, 0.717) is 41.5 Å². The van der Waals surface area contributed by atoms with Gasteiger partial charge in [-0.3, -0.25) is 9.59 Å². The van der Waals surface area contributed by atoms with Gasteiger partial charge in [-0.25, -0.2) is 4.98 Å². The molecule has 1 amide bonds. The van der Waals surface area contributed by atoms with Crippen molar-refractivity contribution in [3.8, 4) is 11.5 Å². The average Bonchev–Trinajstić information content (AvgIpc) is 3.26. The molecule has 0 fully saturated rings. The molecule has 0 aliphatic carbocycles. The minimum absolute atomic E-state index is 0.0496. The van der Waals surface area contributed by atoms with Crippen LogP contribution in [0.2, 0.25) is 0 Å². The summed E-state index contributed by atoms with van der Waals surface area (Å²) in [5.74, 6) is 2.42. The van der Waals surface area contributed by atoms with Gasteiger partial charge in [0, 0.05) is 25.1 Å². The molecule has 8 heteroatoms. The van der Waals surface area contributed by atoms with Crippen molar-refractivity contribution in [3.05, 3.63) is 71.2 Å². The minimum Gasteiger partial charge on any atom is -0.493 e. The van der Waals surface area contributed by atoms with Gasteiger partial charge in [0.15, 0.2) is 28.8 Å². The normalized spacial score (nSPS) is 12.5. The fraction of sp³-hybridized carbons (Fsp3) is 0.346. The zero-order valence-corrected chi connectivity index (χ0v) is 19.6. The first-order chi connectivity index (χ1) is 16.6. The Morgan fingerprint density at radius 3 is 2.59 bits per heavy atom. The van der Waals surface area contributed by atoms with Gasteiger partial charge in [0.25, 0.3) is 5.91 Å². The van der Waals surface area contributed by atoms with Crippen molar-refractivity contribution in [1.82, 2.24) is 14.9 Å². The predicted molar refractivity (Wildman–Crippen MR) is 130 cm³/mol. The zero-order valence-electron chi connectivity index (χ0n) is 19.6. The second kappa shape index (κ2) is 10.9. The molecule has 1 aromatic heterocycles. The van der Waals surface area contributed by atoms with E-state index in [4.69, 9.17) is 9.47 Å². The average molecular weight is 463 g/mol. The number of methoxy groups -OCH3 is 2. The molecule has 2 N–H and O–H groups in total. The van der Waals surface area contributed by atoms with Crippen molar-refractivity contribution >= 4 is 17.5 Å². The van der Waals surface area contributed by atoms with Crippen molar-refractivity contribution < 1.29 is 19.1 Å². The molecule has 3 aromatic rings. The quantitative estimate of drug-likeness (QED) is 0.448. The maximum atomic E-state index is 13.2. The van der Waals surface area contributed by atoms with Crippen LogP contribution in [0.4, 0.5) is 5.82 Å². The van der Waals surface area contributed by atoms with Gasteiger partial charge in [0.05, 0.1) is 20.8 Å². The van der Waals surface area contributed by atoms with Gasteiger partial charge in [0.1, 0.15) is 5.82 Å². The lowest BCUT2D eigenvalue weighted by molar-refractivity contribution is 0.0942. The summed E-state index contributed by atoms with van der Waals surface area (Å²) in [5.41, 5.74) is 2.14. The van der Waals surface area contributed by atoms with E-state index >= 15 is 0 Å². The summed E-state index contributed by atoms with van der Waals surface area (Å²) in [6.07, 6.45) is 3.50. The number of anilines is 1. The number of hydrogen-bond acceptors (Lipinski definition) is 6. The molecule has 0 spiro atoms. The lowest BCUT2D eigenvalue weighted by atomic mass is 10.1. The lowest BCUT2D eigenvalue weighted by Crippen LogP contribution is -2.30. The van der Waals surface area contributed by atoms with E-state index in [1.165, 1.54) is 0 Å². The van der Waals surface area contributed by atoms with E-state index in [0.717, 1.165) is 37.2 Å². The largest absolute Gasteiger partial charge is 0.493 e. The topological polar surface area (TPSA) is 94.5 Å². The summed E-state index contributed by atoms with van der Waals surface area (Å²) in [4.78, 5) is 30.4. The Kier molecular flexibility index (Phi) is 7.47. The molecule has 0 radical (unpaired) electrons. The second-order valence-electron chi connectivity index (χ2n) is 8.17. The Labute approximate surface area is 199 Å². The third-order valence-electron chi connectivity index (χ3n) is 5.95. The highest BCUT2D eigenvalue weighted by atomic mass is 16.5. The molecule has 1 aliphatic rings. The van der Waals surface area contributed by atoms with Crippen molar-refractivity contribution in [2.24, 2.45) is 0 Å². The van der Waals surface area contributed by atoms with Crippen LogP contribution in [0.15, 0.2) is 48.5 Å². The van der Waals surface area contributed by atoms with Crippen LogP contribution in [0, 0.1) is 0 Å². The molecule has 0 bridgehead atoms. The van der Waals surface area contributed by atoms with Gasteiger partial charge in [0.2, 0.25) is 0 Å². The Morgan fingerprint density at radius 2 is 1.82 bits per heavy atom. The second-order valence-corrected chi connectivity index (χ2v) is 8.17. The van der Waals surface area contributed by atoms with Crippen molar-refractivity contribution in [2.45, 2.75) is 32.2 Å². The number of aryl methyl sites for hydroxylation is 1. The molecular weight excluding hydrogens is 432 g/mol. The van der Waals surface area contributed by atoms with E-state index in [1.807, 2.05) is 41.0 Å². The Hall–Kier alpha value is -3.81. The molecular formula is C26H30N4O4. The maximum absolute atomic E-state index is 13.2. The zero-order chi connectivity index (χ0) is 23.9. The first-order valence-corrected chi connectivity index (χ1v) is 11.5. The summed E-state index contributed by atoms with van der Waals surface area (Å²) in [5, 5.41) is 6.13. The lowest BCUT2D eigenvalue weighted by Gasteiger charge is -2.16. The van der Waals surface area contributed by atoms with Crippen LogP contribution in [-0.2, 0) is 19.4 Å². The number of ketones is 1. The number of imidazole rings is 1. The highest BCUT2D eigenvalue weighted by Crippen LogP contribution is 2.28. The molecule has 1 aliphatic heterocycles. The number of hydrogen-bond donors (Lipinski definition) is 2. The van der Waals surface area contributed by atoms with Crippen LogP contribution in [0.5, 0.6) is 11.5 Å². The number of carbonyl (C=O) groups excluding carboxylic acids is 2. The molecule has 34 heavy (non-hydrogen) atoms. The minimum atomic E-state index is -0.198. The monoisotopic (exact) mass is 462 g/mol. The molecule has 2 heterocycles. The van der Waals surface area contributed by atoms with E-state index in [1.54, 1.807) is 26.4 Å². The fourth-order valence-corrected chi connectivity index (χ4v) is 4.17. The number of ether oxygens (including phenoxy) is 2. The molecule has 0 atom stereocenters. The van der Waals surface area contributed by atoms with Crippen LogP contribution in [0.1, 0.15) is 45.1 Å². The first-order valence-electron chi connectivity index (χ1n) is 11.5. The maximum Gasteiger partial charge on any atom is 0.271 e. The molecule has 178 valence electrons. The van der Waals surface area contributed by atoms with Gasteiger partial charge >= 0.3 is 0 Å². The van der Waals surface area contributed by atoms with Gasteiger partial charge in [-0.05, 0) is 37.0 Å². The Bertz CT molecular complexity index is 1160. The number of nitrogens with one attached hydrogen (secondary N) is 2. The third-order valence-corrected chi connectivity index (χ3v) is 5.95. The van der Waals surface area contributed by atoms with Crippen LogP contribution >= 0.6 is 0 Å². The van der Waals surface area contributed by atoms with Crippen LogP contribution < -0.4 is 20.1 Å². The van der Waals surface area contributed by atoms with Crippen LogP contribution in [-0.4, -0.2) is 48.6 Å². The Morgan fingerprint density at radius 1 is 1.03 bits per heavy atom. The number of carbonyl (C=O) groups is 2. The predicted octanol–water partition coefficient (Wildman–Crippen LogP) is 3.50. The van der Waals surface area contributed by atoms with Crippen LogP contribution in [0.25, 0.3) is 0 Å². The van der Waals surface area contributed by atoms with E-state index in [-0.39, 0.29) is 18.2 Å². The third kappa shape index (κ3) is 5.22. The highest BCUT2D eigenvalue weighted by Gasteiger charge is 2.25. The van der Waals surface area contributed by atoms with E-state index in [9.17, 15) is 9.59 Å². The number of Topliss-reactive ketones (excluding diaryl/α,β-unsaturated/α-hetero) is 1. The van der Waals surface area contributed by atoms with Gasteiger partial charge in [-0.1, -0.05) is 36.4 Å². The standard InChI is InChI=1S/C26H30N4O4/c1-33-21-12-11-18(16-22(21)34-2)13-14-27-26(32)24-25(29-23-10-6-7-15-30(23)24)28-17-20(31)19-8-4-3-5-9-19/h3-5,8-9,11-12,16,28H,6-7,10,13-15,17H2,1-2H3,(H,27,32). The number of benzene rings is 2. The summed E-state index contributed by atoms with van der Waals surface area (Å²) in [6, 6.07) is 14.8. The smallest absolute Gasteiger partial charge is 0.271 e. The number of aromatic nitrogens is 2. The number of amides is 1. The highest BCUT2D eigenvalue weighted by molar-refractivity contribution is 6.01. The molecule has 2 aromatic carbocycles.